The van der Waals surface area contributed by atoms with Gasteiger partial charge >= 0.3 is 0 Å². The summed E-state index contributed by atoms with van der Waals surface area (Å²) < 4.78 is 5.61. The van der Waals surface area contributed by atoms with Gasteiger partial charge in [0.1, 0.15) is 5.75 Å². The number of amides is 1. The Bertz CT molecular complexity index is 1100. The van der Waals surface area contributed by atoms with Gasteiger partial charge in [0.15, 0.2) is 0 Å². The average molecular weight is 384 g/mol. The van der Waals surface area contributed by atoms with Crippen LogP contribution in [0.5, 0.6) is 5.75 Å². The molecule has 4 rings (SSSR count). The van der Waals surface area contributed by atoms with Gasteiger partial charge < -0.3 is 15.0 Å². The molecule has 0 radical (unpaired) electrons. The molecule has 0 saturated carbocycles. The first-order chi connectivity index (χ1) is 14.3. The van der Waals surface area contributed by atoms with Crippen LogP contribution in [0, 0.1) is 0 Å². The molecule has 0 aliphatic rings. The van der Waals surface area contributed by atoms with Gasteiger partial charge in [-0.3, -0.25) is 4.79 Å². The van der Waals surface area contributed by atoms with E-state index in [0.717, 1.165) is 11.1 Å². The van der Waals surface area contributed by atoms with Crippen molar-refractivity contribution >= 4 is 16.8 Å². The first-order valence-electron chi connectivity index (χ1n) is 9.89. The molecule has 29 heavy (non-hydrogen) atoms. The van der Waals surface area contributed by atoms with Gasteiger partial charge in [-0.1, -0.05) is 60.7 Å². The smallest absolute Gasteiger partial charge is 0.255 e. The fraction of sp³-hybridized carbons (Fsp3) is 0.160. The highest BCUT2D eigenvalue weighted by atomic mass is 16.5. The van der Waals surface area contributed by atoms with Gasteiger partial charge in [-0.25, -0.2) is 0 Å². The van der Waals surface area contributed by atoms with Gasteiger partial charge in [0.05, 0.1) is 12.2 Å². The zero-order valence-electron chi connectivity index (χ0n) is 16.4. The Labute approximate surface area is 170 Å². The van der Waals surface area contributed by atoms with E-state index in [0.29, 0.717) is 24.5 Å². The third-order valence-corrected chi connectivity index (χ3v) is 5.10. The number of aromatic amines is 1. The number of para-hydroxylation sites is 2. The minimum atomic E-state index is -0.130. The van der Waals surface area contributed by atoms with Gasteiger partial charge in [0.2, 0.25) is 0 Å². The molecule has 4 heteroatoms. The van der Waals surface area contributed by atoms with Crippen LogP contribution in [-0.4, -0.2) is 24.0 Å². The molecule has 0 bridgehead atoms. The van der Waals surface area contributed by atoms with E-state index in [-0.39, 0.29) is 11.8 Å². The molecule has 0 saturated heterocycles. The van der Waals surface area contributed by atoms with Crippen molar-refractivity contribution in [2.75, 3.05) is 13.2 Å². The Morgan fingerprint density at radius 1 is 0.966 bits per heavy atom. The van der Waals surface area contributed by atoms with Crippen LogP contribution in [0.25, 0.3) is 10.9 Å². The Morgan fingerprint density at radius 2 is 1.69 bits per heavy atom. The molecule has 1 atom stereocenters. The lowest BCUT2D eigenvalue weighted by Gasteiger charge is -2.19. The third kappa shape index (κ3) is 4.02. The van der Waals surface area contributed by atoms with Crippen molar-refractivity contribution in [3.63, 3.8) is 0 Å². The number of benzene rings is 3. The van der Waals surface area contributed by atoms with E-state index >= 15 is 0 Å². The van der Waals surface area contributed by atoms with E-state index < -0.39 is 0 Å². The molecule has 1 aromatic heterocycles. The topological polar surface area (TPSA) is 54.1 Å². The lowest BCUT2D eigenvalue weighted by atomic mass is 9.91. The Balaban J connectivity index is 1.63. The molecule has 146 valence electrons. The van der Waals surface area contributed by atoms with Gasteiger partial charge in [0.25, 0.3) is 5.91 Å². The van der Waals surface area contributed by atoms with Crippen LogP contribution < -0.4 is 10.1 Å². The quantitative estimate of drug-likeness (QED) is 0.464. The second kappa shape index (κ2) is 8.65. The molecule has 0 spiro atoms. The number of carbonyl (C=O) groups is 1. The monoisotopic (exact) mass is 384 g/mol. The Kier molecular flexibility index (Phi) is 5.61. The second-order valence-electron chi connectivity index (χ2n) is 6.89. The number of rotatable bonds is 7. The predicted octanol–water partition coefficient (Wildman–Crippen LogP) is 5.13. The van der Waals surface area contributed by atoms with Crippen LogP contribution in [0.3, 0.4) is 0 Å². The van der Waals surface area contributed by atoms with Crippen LogP contribution in [0.1, 0.15) is 34.3 Å². The van der Waals surface area contributed by atoms with E-state index in [1.165, 1.54) is 10.9 Å². The maximum Gasteiger partial charge on any atom is 0.255 e. The van der Waals surface area contributed by atoms with Gasteiger partial charge in [-0.05, 0) is 36.2 Å². The number of fused-ring (bicyclic) bond motifs is 1. The van der Waals surface area contributed by atoms with Crippen molar-refractivity contribution in [3.05, 3.63) is 102 Å². The van der Waals surface area contributed by atoms with Crippen LogP contribution in [0.4, 0.5) is 0 Å². The summed E-state index contributed by atoms with van der Waals surface area (Å²) in [6.45, 7) is 2.93. The summed E-state index contributed by atoms with van der Waals surface area (Å²) in [6, 6.07) is 25.9. The van der Waals surface area contributed by atoms with Crippen molar-refractivity contribution in [1.29, 1.82) is 0 Å². The summed E-state index contributed by atoms with van der Waals surface area (Å²) in [6.07, 6.45) is 2.04. The SMILES string of the molecule is CCOc1ccccc1C(=O)NC[C@@H](c1ccccc1)c1c[nH]c2ccccc12. The van der Waals surface area contributed by atoms with Crippen molar-refractivity contribution in [3.8, 4) is 5.75 Å². The fourth-order valence-corrected chi connectivity index (χ4v) is 3.70. The zero-order chi connectivity index (χ0) is 20.1. The maximum absolute atomic E-state index is 12.9. The highest BCUT2D eigenvalue weighted by Crippen LogP contribution is 2.30. The molecule has 0 fully saturated rings. The summed E-state index contributed by atoms with van der Waals surface area (Å²) >= 11 is 0. The summed E-state index contributed by atoms with van der Waals surface area (Å²) in [5.74, 6) is 0.515. The fourth-order valence-electron chi connectivity index (χ4n) is 3.70. The van der Waals surface area contributed by atoms with E-state index in [1.807, 2.05) is 61.7 Å². The molecule has 0 aliphatic carbocycles. The maximum atomic E-state index is 12.9. The number of nitrogens with one attached hydrogen (secondary N) is 2. The molecule has 0 aliphatic heterocycles. The first-order valence-corrected chi connectivity index (χ1v) is 9.89. The molecule has 4 nitrogen and oxygen atoms in total. The second-order valence-corrected chi connectivity index (χ2v) is 6.89. The third-order valence-electron chi connectivity index (χ3n) is 5.10. The molecule has 1 heterocycles. The molecule has 1 amide bonds. The van der Waals surface area contributed by atoms with Gasteiger partial charge in [0, 0.05) is 29.6 Å². The number of ether oxygens (including phenoxy) is 1. The number of hydrogen-bond acceptors (Lipinski definition) is 2. The summed E-state index contributed by atoms with van der Waals surface area (Å²) in [5, 5.41) is 4.29. The Hall–Kier alpha value is -3.53. The predicted molar refractivity (Wildman–Crippen MR) is 117 cm³/mol. The van der Waals surface area contributed by atoms with Crippen molar-refractivity contribution in [1.82, 2.24) is 10.3 Å². The minimum absolute atomic E-state index is 0.0376. The zero-order valence-corrected chi connectivity index (χ0v) is 16.4. The first kappa shape index (κ1) is 18.8. The molecular weight excluding hydrogens is 360 g/mol. The van der Waals surface area contributed by atoms with Crippen LogP contribution >= 0.6 is 0 Å². The average Bonchev–Trinajstić information content (AvgIpc) is 3.19. The largest absolute Gasteiger partial charge is 0.493 e. The van der Waals surface area contributed by atoms with Gasteiger partial charge in [-0.2, -0.15) is 0 Å². The van der Waals surface area contributed by atoms with Crippen LogP contribution in [-0.2, 0) is 0 Å². The highest BCUT2D eigenvalue weighted by Gasteiger charge is 2.20. The highest BCUT2D eigenvalue weighted by molar-refractivity contribution is 5.97. The molecule has 4 aromatic rings. The summed E-state index contributed by atoms with van der Waals surface area (Å²) in [7, 11) is 0. The molecule has 3 aromatic carbocycles. The lowest BCUT2D eigenvalue weighted by molar-refractivity contribution is 0.0948. The summed E-state index contributed by atoms with van der Waals surface area (Å²) in [4.78, 5) is 16.3. The number of hydrogen-bond donors (Lipinski definition) is 2. The van der Waals surface area contributed by atoms with E-state index in [9.17, 15) is 4.79 Å². The Morgan fingerprint density at radius 3 is 2.52 bits per heavy atom. The van der Waals surface area contributed by atoms with E-state index in [1.54, 1.807) is 6.07 Å². The normalized spacial score (nSPS) is 11.9. The number of carbonyl (C=O) groups excluding carboxylic acids is 1. The van der Waals surface area contributed by atoms with E-state index in [4.69, 9.17) is 4.74 Å². The number of H-pyrrole nitrogens is 1. The molecule has 0 unspecified atom stereocenters. The van der Waals surface area contributed by atoms with Crippen LogP contribution in [0.2, 0.25) is 0 Å². The van der Waals surface area contributed by atoms with Gasteiger partial charge in [-0.15, -0.1) is 0 Å². The minimum Gasteiger partial charge on any atom is -0.493 e. The lowest BCUT2D eigenvalue weighted by Crippen LogP contribution is -2.29. The standard InChI is InChI=1S/C25H24N2O2/c1-2-29-24-15-9-7-13-20(24)25(28)27-16-21(18-10-4-3-5-11-18)22-17-26-23-14-8-6-12-19(22)23/h3-15,17,21,26H,2,16H2,1H3,(H,27,28)/t21-/m0/s1. The van der Waals surface area contributed by atoms with Crippen molar-refractivity contribution in [2.24, 2.45) is 0 Å². The number of aromatic nitrogens is 1. The van der Waals surface area contributed by atoms with Crippen LogP contribution in [0.15, 0.2) is 85.1 Å². The molecule has 2 N–H and O–H groups in total. The van der Waals surface area contributed by atoms with E-state index in [2.05, 4.69) is 34.6 Å². The van der Waals surface area contributed by atoms with Crippen molar-refractivity contribution < 1.29 is 9.53 Å². The summed E-state index contributed by atoms with van der Waals surface area (Å²) in [5.41, 5.74) is 3.98. The molecular formula is C25H24N2O2. The van der Waals surface area contributed by atoms with Crippen molar-refractivity contribution in [2.45, 2.75) is 12.8 Å².